The van der Waals surface area contributed by atoms with E-state index >= 15 is 0 Å². The summed E-state index contributed by atoms with van der Waals surface area (Å²) < 4.78 is 14.7. The zero-order valence-electron chi connectivity index (χ0n) is 20.9. The normalized spacial score (nSPS) is 20.3. The van der Waals surface area contributed by atoms with Crippen LogP contribution in [0.4, 0.5) is 4.69 Å². The molecule has 2 aliphatic heterocycles. The number of thioether (sulfide) groups is 1. The van der Waals surface area contributed by atoms with Crippen LogP contribution < -0.4 is 85.9 Å². The number of fused-ring (bicyclic) bond motifs is 1. The molecule has 0 saturated carbocycles. The zero-order valence-corrected chi connectivity index (χ0v) is 28.2. The molecule has 1 fully saturated rings. The molecule has 4 rings (SSSR count). The summed E-state index contributed by atoms with van der Waals surface area (Å²) in [5.41, 5.74) is 3.70. The molecule has 2 aromatic rings. The number of anilines is 1. The van der Waals surface area contributed by atoms with Gasteiger partial charge in [0.2, 0.25) is 0 Å². The van der Waals surface area contributed by atoms with Gasteiger partial charge in [-0.15, -0.1) is 0 Å². The van der Waals surface area contributed by atoms with Crippen LogP contribution in [0.2, 0.25) is 0 Å². The first kappa shape index (κ1) is 33.7. The van der Waals surface area contributed by atoms with Gasteiger partial charge in [0.15, 0.2) is 0 Å². The Balaban J connectivity index is 0.00000267. The number of carbonyl (C=O) groups is 3. The molecule has 3 atom stereocenters. The van der Waals surface area contributed by atoms with Gasteiger partial charge in [0, 0.05) is 0 Å². The van der Waals surface area contributed by atoms with Gasteiger partial charge in [0.05, 0.1) is 5.88 Å². The van der Waals surface area contributed by atoms with Gasteiger partial charge >= 0.3 is 263 Å². The van der Waals surface area contributed by atoms with Crippen molar-refractivity contribution in [2.75, 3.05) is 18.6 Å². The number of aryl methyl sites for hydroxylation is 1. The molecule has 16 nitrogen and oxygen atoms in total. The third-order valence-electron chi connectivity index (χ3n) is 5.14. The fraction of sp³-hybridized carbons (Fsp3) is 0.333. The minimum absolute atomic E-state index is 0. The van der Waals surface area contributed by atoms with Crippen LogP contribution in [0.25, 0.3) is 0 Å². The van der Waals surface area contributed by atoms with E-state index in [2.05, 4.69) is 25.5 Å². The molecule has 0 aromatic carbocycles. The van der Waals surface area contributed by atoms with Crippen molar-refractivity contribution in [1.82, 2.24) is 30.0 Å². The number of nitrogens with two attached hydrogens (primary N) is 1. The van der Waals surface area contributed by atoms with E-state index in [-0.39, 0.29) is 113 Å². The first-order valence-corrected chi connectivity index (χ1v) is 14.2. The third kappa shape index (κ3) is 6.86. The van der Waals surface area contributed by atoms with Gasteiger partial charge in [-0.05, 0) is 0 Å². The predicted molar refractivity (Wildman–Crippen MR) is 124 cm³/mol. The van der Waals surface area contributed by atoms with Crippen molar-refractivity contribution in [3.63, 3.8) is 0 Å². The average molecular weight is 661 g/mol. The number of hydrogen-bond donors (Lipinski definition) is 2. The summed E-state index contributed by atoms with van der Waals surface area (Å²) in [7, 11) is 0.551. The molecule has 4 heterocycles. The van der Waals surface area contributed by atoms with Crippen LogP contribution >= 0.6 is 11.8 Å². The molecule has 0 aliphatic carbocycles. The maximum absolute atomic E-state index is 13.4. The van der Waals surface area contributed by atoms with Crippen molar-refractivity contribution in [3.05, 3.63) is 32.3 Å². The average Bonchev–Trinajstić information content (AvgIpc) is 3.26. The molecule has 3 N–H and O–H groups in total. The fourth-order valence-electron chi connectivity index (χ4n) is 3.51. The number of β-lactam (4-membered cyclic amide) rings is 1. The molecule has 21 heteroatoms. The van der Waals surface area contributed by atoms with Crippen LogP contribution in [0.1, 0.15) is 12.1 Å². The molecule has 0 spiro atoms. The molecule has 2 unspecified atom stereocenters. The number of hydrogen-bond acceptors (Lipinski definition) is 14. The Morgan fingerprint density at radius 2 is 2.05 bits per heavy atom. The second-order valence-corrected chi connectivity index (χ2v) is 11.9. The van der Waals surface area contributed by atoms with Crippen LogP contribution in [-0.4, -0.2) is 90.5 Å². The van der Waals surface area contributed by atoms with Gasteiger partial charge in [-0.1, -0.05) is 0 Å². The number of amides is 2. The van der Waals surface area contributed by atoms with E-state index in [9.17, 15) is 33.6 Å². The van der Waals surface area contributed by atoms with Crippen molar-refractivity contribution in [1.29, 1.82) is 0 Å². The topological polar surface area (TPSA) is 238 Å². The van der Waals surface area contributed by atoms with E-state index in [0.29, 0.717) is 0 Å². The van der Waals surface area contributed by atoms with E-state index in [1.54, 1.807) is 4.94 Å². The first-order valence-electron chi connectivity index (χ1n) is 10.1. The Morgan fingerprint density at radius 3 is 2.62 bits per heavy atom. The Kier molecular flexibility index (Phi) is 12.0. The summed E-state index contributed by atoms with van der Waals surface area (Å²) in [6.45, 7) is 0. The summed E-state index contributed by atoms with van der Waals surface area (Å²) in [6, 6.07) is 0. The van der Waals surface area contributed by atoms with Crippen molar-refractivity contribution < 1.29 is 92.8 Å². The molecule has 196 valence electrons. The maximum atomic E-state index is 13.4. The monoisotopic (exact) mass is 662 g/mol. The Morgan fingerprint density at radius 1 is 1.36 bits per heavy atom. The maximum Gasteiger partial charge on any atom is 1.00 e. The zero-order chi connectivity index (χ0) is 27.0. The summed E-state index contributed by atoms with van der Waals surface area (Å²) in [6.07, 6.45) is -0.200. The molecule has 0 bridgehead atoms. The Bertz CT molecular complexity index is 1460. The van der Waals surface area contributed by atoms with E-state index in [0.717, 1.165) is 21.3 Å². The van der Waals surface area contributed by atoms with Crippen molar-refractivity contribution in [2.24, 2.45) is 12.2 Å². The number of carboxylic acid groups (broad SMARTS) is 1. The SMILES string of the molecule is CO/N=C(\C(=O)NC1C(CSc2nc(=O)c([O-])nn2C)=C(C(=O)[O-])N2C(=O)C[C@H]2S1=O)c1c[se]c(N)n1.[Na+].[Na+]. The molecule has 2 aliphatic rings. The predicted octanol–water partition coefficient (Wildman–Crippen LogP) is -10.8. The van der Waals surface area contributed by atoms with E-state index < -0.39 is 56.5 Å². The second kappa shape index (κ2) is 13.9. The fourth-order valence-corrected chi connectivity index (χ4v) is 7.48. The van der Waals surface area contributed by atoms with Gasteiger partial charge in [-0.25, -0.2) is 0 Å². The number of nitrogen functional groups attached to an aromatic ring is 1. The minimum Gasteiger partial charge on any atom is 1.00 e. The molecule has 1 saturated heterocycles. The van der Waals surface area contributed by atoms with Gasteiger partial charge in [0.1, 0.15) is 0 Å². The molecular weight excluding hydrogens is 645 g/mol. The molecular formula is C18H16N8Na2O8S2Se. The van der Waals surface area contributed by atoms with E-state index in [1.807, 2.05) is 0 Å². The number of carboxylic acids is 1. The van der Waals surface area contributed by atoms with Gasteiger partial charge in [-0.3, -0.25) is 4.79 Å². The molecule has 2 aromatic heterocycles. The standard InChI is InChI=1S/C18H18N8O8S2Se.2Na/c1-25-18(22-13(29)14(30)23-25)35-4-6-11(16(31)32)26-8(27)3-9(26)36(33)15(6)21-12(28)10(24-34-2)7-5-37-17(19)20-7;;/h5,9,15H,3-4H2,1-2H3,(H2,19,20)(H,21,28)(H,23,30)(H,31,32);;/q;2*+1/p-2/b24-10-;;/t9-,15?,36?;;/m1../s1. The minimum atomic E-state index is -1.99. The summed E-state index contributed by atoms with van der Waals surface area (Å²) in [4.78, 5) is 64.0. The van der Waals surface area contributed by atoms with Crippen LogP contribution in [0.15, 0.2) is 31.3 Å². The second-order valence-electron chi connectivity index (χ2n) is 7.38. The summed E-state index contributed by atoms with van der Waals surface area (Å²) >= 11 is 0.464. The van der Waals surface area contributed by atoms with Crippen molar-refractivity contribution >= 4 is 65.3 Å². The number of rotatable bonds is 8. The molecule has 39 heavy (non-hydrogen) atoms. The number of nitrogens with zero attached hydrogens (tertiary/aromatic N) is 6. The van der Waals surface area contributed by atoms with Crippen LogP contribution in [0.3, 0.4) is 0 Å². The number of aliphatic carboxylic acids is 1. The van der Waals surface area contributed by atoms with E-state index in [4.69, 9.17) is 10.6 Å². The summed E-state index contributed by atoms with van der Waals surface area (Å²) in [5.74, 6) is -4.61. The molecule has 2 amide bonds. The molecule has 0 radical (unpaired) electrons. The first-order chi connectivity index (χ1) is 17.5. The van der Waals surface area contributed by atoms with Crippen LogP contribution in [-0.2, 0) is 37.1 Å². The van der Waals surface area contributed by atoms with Gasteiger partial charge in [-0.2, -0.15) is 0 Å². The number of carbonyl (C=O) groups excluding carboxylic acids is 3. The number of oxime groups is 1. The number of aromatic nitrogens is 4. The van der Waals surface area contributed by atoms with Crippen molar-refractivity contribution in [2.45, 2.75) is 22.3 Å². The largest absolute Gasteiger partial charge is 1.00 e. The third-order valence-corrected chi connectivity index (χ3v) is 9.40. The van der Waals surface area contributed by atoms with E-state index in [1.165, 1.54) is 14.2 Å². The van der Waals surface area contributed by atoms with Gasteiger partial charge in [0.25, 0.3) is 0 Å². The summed E-state index contributed by atoms with van der Waals surface area (Å²) in [5, 5.41) is 30.7. The smallest absolute Gasteiger partial charge is 1.00 e. The van der Waals surface area contributed by atoms with Gasteiger partial charge < -0.3 is 5.11 Å². The Hall–Kier alpha value is -1.54. The van der Waals surface area contributed by atoms with Crippen LogP contribution in [0, 0.1) is 0 Å². The Labute approximate surface area is 276 Å². The number of nitrogens with one attached hydrogen (secondary N) is 1. The van der Waals surface area contributed by atoms with Crippen molar-refractivity contribution in [3.8, 4) is 5.88 Å². The van der Waals surface area contributed by atoms with Crippen LogP contribution in [0.5, 0.6) is 5.88 Å². The quantitative estimate of drug-likeness (QED) is 0.0880.